The van der Waals surface area contributed by atoms with Crippen molar-refractivity contribution in [2.24, 2.45) is 0 Å². The van der Waals surface area contributed by atoms with Crippen LogP contribution in [-0.4, -0.2) is 30.9 Å². The normalized spacial score (nSPS) is 10.3. The minimum atomic E-state index is -0.763. The second-order valence-corrected chi connectivity index (χ2v) is 5.18. The van der Waals surface area contributed by atoms with Crippen LogP contribution in [0.1, 0.15) is 5.56 Å². The molecule has 0 unspecified atom stereocenters. The molecule has 0 bridgehead atoms. The molecule has 0 saturated heterocycles. The summed E-state index contributed by atoms with van der Waals surface area (Å²) in [7, 11) is 0. The molecule has 6 nitrogen and oxygen atoms in total. The Labute approximate surface area is 149 Å². The Hall–Kier alpha value is -3.48. The van der Waals surface area contributed by atoms with Crippen molar-refractivity contribution in [2.45, 2.75) is 0 Å². The first-order valence-electron chi connectivity index (χ1n) is 7.75. The zero-order valence-electron chi connectivity index (χ0n) is 13.8. The van der Waals surface area contributed by atoms with Crippen molar-refractivity contribution in [1.29, 1.82) is 0 Å². The Balaban J connectivity index is 1.67. The summed E-state index contributed by atoms with van der Waals surface area (Å²) in [5.41, 5.74) is 1.10. The van der Waals surface area contributed by atoms with E-state index in [1.807, 2.05) is 30.3 Å². The Morgan fingerprint density at radius 2 is 1.81 bits per heavy atom. The number of benzene rings is 2. The third-order valence-corrected chi connectivity index (χ3v) is 3.11. The van der Waals surface area contributed by atoms with Gasteiger partial charge in [0.25, 0.3) is 5.91 Å². The van der Waals surface area contributed by atoms with Crippen LogP contribution in [0.3, 0.4) is 0 Å². The van der Waals surface area contributed by atoms with Crippen LogP contribution in [0.4, 0.5) is 10.1 Å². The molecule has 2 aromatic rings. The van der Waals surface area contributed by atoms with Gasteiger partial charge >= 0.3 is 5.97 Å². The van der Waals surface area contributed by atoms with Gasteiger partial charge in [-0.3, -0.25) is 14.4 Å². The lowest BCUT2D eigenvalue weighted by Crippen LogP contribution is -2.31. The van der Waals surface area contributed by atoms with Crippen LogP contribution in [0.25, 0.3) is 6.08 Å². The van der Waals surface area contributed by atoms with Crippen LogP contribution >= 0.6 is 0 Å². The highest BCUT2D eigenvalue weighted by Gasteiger charge is 2.09. The Morgan fingerprint density at radius 1 is 1.04 bits per heavy atom. The number of hydrogen-bond acceptors (Lipinski definition) is 4. The first-order valence-corrected chi connectivity index (χ1v) is 7.75. The summed E-state index contributed by atoms with van der Waals surface area (Å²) in [5, 5.41) is 4.74. The fourth-order valence-corrected chi connectivity index (χ4v) is 1.91. The molecule has 0 heterocycles. The maximum absolute atomic E-state index is 13.0. The number of amides is 2. The molecule has 0 atom stereocenters. The molecular weight excluding hydrogens is 339 g/mol. The third kappa shape index (κ3) is 6.96. The van der Waals surface area contributed by atoms with Crippen molar-refractivity contribution in [1.82, 2.24) is 5.32 Å². The summed E-state index contributed by atoms with van der Waals surface area (Å²) < 4.78 is 17.7. The predicted molar refractivity (Wildman–Crippen MR) is 94.5 cm³/mol. The van der Waals surface area contributed by atoms with E-state index in [1.54, 1.807) is 6.08 Å². The molecule has 0 fully saturated rings. The van der Waals surface area contributed by atoms with Gasteiger partial charge in [0.15, 0.2) is 6.61 Å². The molecule has 26 heavy (non-hydrogen) atoms. The van der Waals surface area contributed by atoms with Crippen LogP contribution in [0.5, 0.6) is 0 Å². The zero-order chi connectivity index (χ0) is 18.8. The van der Waals surface area contributed by atoms with Gasteiger partial charge in [0.1, 0.15) is 12.4 Å². The lowest BCUT2D eigenvalue weighted by Gasteiger charge is -2.07. The average Bonchev–Trinajstić information content (AvgIpc) is 2.64. The predicted octanol–water partition coefficient (Wildman–Crippen LogP) is 2.14. The third-order valence-electron chi connectivity index (χ3n) is 3.11. The molecule has 0 aliphatic rings. The van der Waals surface area contributed by atoms with E-state index in [0.29, 0.717) is 0 Å². The average molecular weight is 356 g/mol. The standard InChI is InChI=1S/C19H17FN2O4/c20-15-7-4-8-16(11-15)22-18(24)13-26-19(25)12-21-17(23)10-9-14-5-2-1-3-6-14/h1-11H,12-13H2,(H,21,23)(H,22,24)/b10-9+. The van der Waals surface area contributed by atoms with Crippen molar-refractivity contribution in [2.75, 3.05) is 18.5 Å². The molecule has 2 amide bonds. The largest absolute Gasteiger partial charge is 0.454 e. The SMILES string of the molecule is O=C(/C=C/c1ccccc1)NCC(=O)OCC(=O)Nc1cccc(F)c1. The van der Waals surface area contributed by atoms with Crippen molar-refractivity contribution in [3.05, 3.63) is 72.1 Å². The molecule has 0 aliphatic heterocycles. The van der Waals surface area contributed by atoms with Gasteiger partial charge in [-0.15, -0.1) is 0 Å². The lowest BCUT2D eigenvalue weighted by atomic mass is 10.2. The highest BCUT2D eigenvalue weighted by Crippen LogP contribution is 2.08. The van der Waals surface area contributed by atoms with Gasteiger partial charge in [-0.2, -0.15) is 0 Å². The maximum Gasteiger partial charge on any atom is 0.325 e. The minimum Gasteiger partial charge on any atom is -0.454 e. The number of carbonyl (C=O) groups is 3. The number of nitrogens with one attached hydrogen (secondary N) is 2. The van der Waals surface area contributed by atoms with Crippen LogP contribution in [0.2, 0.25) is 0 Å². The van der Waals surface area contributed by atoms with E-state index in [2.05, 4.69) is 10.6 Å². The summed E-state index contributed by atoms with van der Waals surface area (Å²) in [6, 6.07) is 14.5. The number of esters is 1. The molecule has 2 rings (SSSR count). The number of halogens is 1. The Bertz CT molecular complexity index is 806. The second kappa shape index (κ2) is 9.73. The number of ether oxygens (including phenoxy) is 1. The van der Waals surface area contributed by atoms with Gasteiger partial charge in [-0.25, -0.2) is 4.39 Å². The molecule has 0 aromatic heterocycles. The highest BCUT2D eigenvalue weighted by molar-refractivity contribution is 5.95. The van der Waals surface area contributed by atoms with Crippen molar-refractivity contribution in [3.8, 4) is 0 Å². The topological polar surface area (TPSA) is 84.5 Å². The first kappa shape index (κ1) is 18.9. The van der Waals surface area contributed by atoms with Crippen molar-refractivity contribution < 1.29 is 23.5 Å². The van der Waals surface area contributed by atoms with E-state index in [9.17, 15) is 18.8 Å². The summed E-state index contributed by atoms with van der Waals surface area (Å²) in [6.07, 6.45) is 2.90. The van der Waals surface area contributed by atoms with Gasteiger partial charge in [0, 0.05) is 11.8 Å². The molecule has 7 heteroatoms. The monoisotopic (exact) mass is 356 g/mol. The quantitative estimate of drug-likeness (QED) is 0.588. The van der Waals surface area contributed by atoms with E-state index >= 15 is 0 Å². The first-order chi connectivity index (χ1) is 12.5. The second-order valence-electron chi connectivity index (χ2n) is 5.18. The van der Waals surface area contributed by atoms with E-state index in [0.717, 1.165) is 11.6 Å². The molecule has 0 aliphatic carbocycles. The lowest BCUT2D eigenvalue weighted by molar-refractivity contribution is -0.146. The molecule has 0 spiro atoms. The highest BCUT2D eigenvalue weighted by atomic mass is 19.1. The molecule has 0 saturated carbocycles. The van der Waals surface area contributed by atoms with E-state index in [-0.39, 0.29) is 12.2 Å². The van der Waals surface area contributed by atoms with E-state index < -0.39 is 30.2 Å². The van der Waals surface area contributed by atoms with E-state index in [4.69, 9.17) is 4.74 Å². The maximum atomic E-state index is 13.0. The van der Waals surface area contributed by atoms with Gasteiger partial charge in [0.05, 0.1) is 0 Å². The number of carbonyl (C=O) groups excluding carboxylic acids is 3. The van der Waals surface area contributed by atoms with Crippen LogP contribution in [-0.2, 0) is 19.1 Å². The summed E-state index contributed by atoms with van der Waals surface area (Å²) in [4.78, 5) is 34.8. The summed E-state index contributed by atoms with van der Waals surface area (Å²) in [6.45, 7) is -0.906. The summed E-state index contributed by atoms with van der Waals surface area (Å²) >= 11 is 0. The minimum absolute atomic E-state index is 0.255. The van der Waals surface area contributed by atoms with Gasteiger partial charge in [-0.05, 0) is 29.8 Å². The van der Waals surface area contributed by atoms with Crippen LogP contribution in [0.15, 0.2) is 60.7 Å². The molecule has 0 radical (unpaired) electrons. The Morgan fingerprint density at radius 3 is 2.54 bits per heavy atom. The molecular formula is C19H17FN2O4. The van der Waals surface area contributed by atoms with Gasteiger partial charge < -0.3 is 15.4 Å². The number of rotatable bonds is 7. The van der Waals surface area contributed by atoms with Crippen LogP contribution < -0.4 is 10.6 Å². The van der Waals surface area contributed by atoms with Gasteiger partial charge in [0.2, 0.25) is 5.91 Å². The smallest absolute Gasteiger partial charge is 0.325 e. The molecule has 134 valence electrons. The fraction of sp³-hybridized carbons (Fsp3) is 0.105. The summed E-state index contributed by atoms with van der Waals surface area (Å²) in [5.74, 6) is -2.33. The molecule has 2 aromatic carbocycles. The van der Waals surface area contributed by atoms with Crippen molar-refractivity contribution >= 4 is 29.5 Å². The zero-order valence-corrected chi connectivity index (χ0v) is 13.8. The Kier molecular flexibility index (Phi) is 7.05. The van der Waals surface area contributed by atoms with Gasteiger partial charge in [-0.1, -0.05) is 36.4 Å². The fourth-order valence-electron chi connectivity index (χ4n) is 1.91. The van der Waals surface area contributed by atoms with E-state index in [1.165, 1.54) is 24.3 Å². The van der Waals surface area contributed by atoms with Crippen molar-refractivity contribution in [3.63, 3.8) is 0 Å². The number of anilines is 1. The molecule has 2 N–H and O–H groups in total. The number of hydrogen-bond donors (Lipinski definition) is 2. The van der Waals surface area contributed by atoms with Crippen LogP contribution in [0, 0.1) is 5.82 Å².